The van der Waals surface area contributed by atoms with Crippen LogP contribution in [0.15, 0.2) is 24.3 Å². The van der Waals surface area contributed by atoms with Gasteiger partial charge in [-0.15, -0.1) is 0 Å². The summed E-state index contributed by atoms with van der Waals surface area (Å²) >= 11 is 0. The van der Waals surface area contributed by atoms with Crippen LogP contribution in [0.3, 0.4) is 0 Å². The highest BCUT2D eigenvalue weighted by molar-refractivity contribution is 7.90. The van der Waals surface area contributed by atoms with Crippen molar-refractivity contribution in [2.45, 2.75) is 39.0 Å². The number of benzene rings is 1. The third-order valence-electron chi connectivity index (χ3n) is 3.38. The summed E-state index contributed by atoms with van der Waals surface area (Å²) in [7, 11) is -3.41. The minimum atomic E-state index is -3.41. The molecule has 1 aliphatic rings. The monoisotopic (exact) mass is 282 g/mol. The fourth-order valence-corrected chi connectivity index (χ4v) is 3.68. The Labute approximate surface area is 116 Å². The van der Waals surface area contributed by atoms with E-state index in [1.165, 1.54) is 4.31 Å². The zero-order valence-corrected chi connectivity index (χ0v) is 12.6. The predicted molar refractivity (Wildman–Crippen MR) is 78.5 cm³/mol. The second kappa shape index (κ2) is 5.13. The molecule has 1 fully saturated rings. The Hall–Kier alpha value is -1.07. The number of anilines is 1. The topological polar surface area (TPSA) is 49.4 Å². The van der Waals surface area contributed by atoms with E-state index in [2.05, 4.69) is 25.5 Å². The largest absolute Gasteiger partial charge is 0.301 e. The smallest absolute Gasteiger partial charge is 0.271 e. The van der Waals surface area contributed by atoms with Gasteiger partial charge in [-0.05, 0) is 29.9 Å². The fraction of sp³-hybridized carbons (Fsp3) is 0.571. The summed E-state index contributed by atoms with van der Waals surface area (Å²) in [5.74, 6) is 0. The molecule has 0 aliphatic carbocycles. The molecular formula is C14H22N2O2S. The normalized spacial score (nSPS) is 17.6. The maximum atomic E-state index is 12.3. The second-order valence-corrected chi connectivity index (χ2v) is 7.68. The van der Waals surface area contributed by atoms with Gasteiger partial charge < -0.3 is 0 Å². The molecule has 4 nitrogen and oxygen atoms in total. The molecule has 0 spiro atoms. The molecule has 1 N–H and O–H groups in total. The van der Waals surface area contributed by atoms with E-state index in [1.807, 2.05) is 24.3 Å². The minimum Gasteiger partial charge on any atom is -0.271 e. The molecule has 19 heavy (non-hydrogen) atoms. The van der Waals surface area contributed by atoms with E-state index in [9.17, 15) is 8.42 Å². The van der Waals surface area contributed by atoms with Gasteiger partial charge in [0.2, 0.25) is 0 Å². The average molecular weight is 282 g/mol. The highest BCUT2D eigenvalue weighted by Gasteiger charge is 2.27. The highest BCUT2D eigenvalue weighted by Crippen LogP contribution is 2.30. The zero-order chi connectivity index (χ0) is 14.1. The summed E-state index contributed by atoms with van der Waals surface area (Å²) < 4.78 is 28.8. The van der Waals surface area contributed by atoms with E-state index in [0.29, 0.717) is 18.8 Å². The summed E-state index contributed by atoms with van der Waals surface area (Å²) in [6.07, 6.45) is 1.89. The van der Waals surface area contributed by atoms with Gasteiger partial charge in [0.05, 0.1) is 5.69 Å². The summed E-state index contributed by atoms with van der Waals surface area (Å²) in [5.41, 5.74) is 1.60. The summed E-state index contributed by atoms with van der Waals surface area (Å²) in [4.78, 5) is 0. The van der Waals surface area contributed by atoms with Crippen molar-refractivity contribution in [2.24, 2.45) is 0 Å². The lowest BCUT2D eigenvalue weighted by molar-refractivity contribution is 0.482. The SMILES string of the molecule is CC(C)(C)c1ccccc1NS(=O)(=O)N1CCCC1. The van der Waals surface area contributed by atoms with Gasteiger partial charge in [-0.2, -0.15) is 12.7 Å². The number of rotatable bonds is 3. The molecule has 0 atom stereocenters. The first-order valence-corrected chi connectivity index (χ1v) is 8.12. The Bertz CT molecular complexity index is 541. The number of nitrogens with zero attached hydrogens (tertiary/aromatic N) is 1. The molecule has 0 amide bonds. The van der Waals surface area contributed by atoms with Crippen molar-refractivity contribution in [3.05, 3.63) is 29.8 Å². The summed E-state index contributed by atoms with van der Waals surface area (Å²) in [6, 6.07) is 7.60. The van der Waals surface area contributed by atoms with Crippen molar-refractivity contribution < 1.29 is 8.42 Å². The molecule has 0 bridgehead atoms. The number of nitrogens with one attached hydrogen (secondary N) is 1. The molecular weight excluding hydrogens is 260 g/mol. The molecule has 5 heteroatoms. The quantitative estimate of drug-likeness (QED) is 0.926. The Morgan fingerprint density at radius 3 is 2.26 bits per heavy atom. The highest BCUT2D eigenvalue weighted by atomic mass is 32.2. The number of hydrogen-bond acceptors (Lipinski definition) is 2. The Balaban J connectivity index is 2.29. The zero-order valence-electron chi connectivity index (χ0n) is 11.8. The van der Waals surface area contributed by atoms with Crippen molar-refractivity contribution >= 4 is 15.9 Å². The van der Waals surface area contributed by atoms with Crippen molar-refractivity contribution in [2.75, 3.05) is 17.8 Å². The molecule has 1 heterocycles. The van der Waals surface area contributed by atoms with Crippen LogP contribution in [0.2, 0.25) is 0 Å². The van der Waals surface area contributed by atoms with E-state index >= 15 is 0 Å². The van der Waals surface area contributed by atoms with Gasteiger partial charge in [0.1, 0.15) is 0 Å². The molecule has 1 saturated heterocycles. The summed E-state index contributed by atoms with van der Waals surface area (Å²) in [5, 5.41) is 0. The molecule has 1 aromatic rings. The fourth-order valence-electron chi connectivity index (χ4n) is 2.36. The lowest BCUT2D eigenvalue weighted by Gasteiger charge is -2.25. The molecule has 1 aromatic carbocycles. The van der Waals surface area contributed by atoms with Crippen molar-refractivity contribution in [3.63, 3.8) is 0 Å². The van der Waals surface area contributed by atoms with Crippen LogP contribution >= 0.6 is 0 Å². The standard InChI is InChI=1S/C14H22N2O2S/c1-14(2,3)12-8-4-5-9-13(12)15-19(17,18)16-10-6-7-11-16/h4-5,8-9,15H,6-7,10-11H2,1-3H3. The molecule has 0 aromatic heterocycles. The predicted octanol–water partition coefficient (Wildman–Crippen LogP) is 2.74. The maximum absolute atomic E-state index is 12.3. The average Bonchev–Trinajstić information content (AvgIpc) is 2.81. The van der Waals surface area contributed by atoms with Crippen LogP contribution in [0, 0.1) is 0 Å². The Kier molecular flexibility index (Phi) is 3.87. The number of para-hydroxylation sites is 1. The van der Waals surface area contributed by atoms with Crippen LogP contribution in [0.25, 0.3) is 0 Å². The van der Waals surface area contributed by atoms with Crippen LogP contribution in [-0.2, 0) is 15.6 Å². The first-order chi connectivity index (χ1) is 8.81. The van der Waals surface area contributed by atoms with Crippen LogP contribution in [0.1, 0.15) is 39.2 Å². The molecule has 106 valence electrons. The Morgan fingerprint density at radius 2 is 1.68 bits per heavy atom. The summed E-state index contributed by atoms with van der Waals surface area (Å²) in [6.45, 7) is 7.47. The van der Waals surface area contributed by atoms with Crippen LogP contribution < -0.4 is 4.72 Å². The van der Waals surface area contributed by atoms with Crippen LogP contribution in [-0.4, -0.2) is 25.8 Å². The van der Waals surface area contributed by atoms with Crippen LogP contribution in [0.4, 0.5) is 5.69 Å². The lowest BCUT2D eigenvalue weighted by atomic mass is 9.86. The van der Waals surface area contributed by atoms with Gasteiger partial charge in [0, 0.05) is 13.1 Å². The lowest BCUT2D eigenvalue weighted by Crippen LogP contribution is -2.34. The van der Waals surface area contributed by atoms with Crippen molar-refractivity contribution in [1.82, 2.24) is 4.31 Å². The van der Waals surface area contributed by atoms with Gasteiger partial charge in [-0.1, -0.05) is 39.0 Å². The van der Waals surface area contributed by atoms with Gasteiger partial charge in [0.15, 0.2) is 0 Å². The minimum absolute atomic E-state index is 0.0931. The third-order valence-corrected chi connectivity index (χ3v) is 4.90. The molecule has 1 aliphatic heterocycles. The number of hydrogen-bond donors (Lipinski definition) is 1. The van der Waals surface area contributed by atoms with Crippen molar-refractivity contribution in [3.8, 4) is 0 Å². The van der Waals surface area contributed by atoms with Gasteiger partial charge in [-0.25, -0.2) is 0 Å². The Morgan fingerprint density at radius 1 is 1.11 bits per heavy atom. The first-order valence-electron chi connectivity index (χ1n) is 6.68. The van der Waals surface area contributed by atoms with E-state index in [0.717, 1.165) is 18.4 Å². The van der Waals surface area contributed by atoms with E-state index in [-0.39, 0.29) is 5.41 Å². The third kappa shape index (κ3) is 3.28. The van der Waals surface area contributed by atoms with E-state index in [1.54, 1.807) is 0 Å². The van der Waals surface area contributed by atoms with E-state index < -0.39 is 10.2 Å². The van der Waals surface area contributed by atoms with Gasteiger partial charge >= 0.3 is 10.2 Å². The molecule has 0 unspecified atom stereocenters. The van der Waals surface area contributed by atoms with E-state index in [4.69, 9.17) is 0 Å². The molecule has 0 saturated carbocycles. The van der Waals surface area contributed by atoms with Gasteiger partial charge in [-0.3, -0.25) is 4.72 Å². The van der Waals surface area contributed by atoms with Crippen LogP contribution in [0.5, 0.6) is 0 Å². The van der Waals surface area contributed by atoms with Crippen molar-refractivity contribution in [1.29, 1.82) is 0 Å². The molecule has 0 radical (unpaired) electrons. The maximum Gasteiger partial charge on any atom is 0.301 e. The second-order valence-electron chi connectivity index (χ2n) is 6.01. The molecule has 2 rings (SSSR count). The van der Waals surface area contributed by atoms with Gasteiger partial charge in [0.25, 0.3) is 0 Å². The first kappa shape index (κ1) is 14.3.